The SMILES string of the molecule is CCc1cc(OC)c(O)c(CC(=O)O)c1Br. The van der Waals surface area contributed by atoms with Crippen LogP contribution in [-0.2, 0) is 17.6 Å². The summed E-state index contributed by atoms with van der Waals surface area (Å²) in [4.78, 5) is 10.7. The fourth-order valence-corrected chi connectivity index (χ4v) is 2.18. The van der Waals surface area contributed by atoms with Crippen LogP contribution in [0.3, 0.4) is 0 Å². The lowest BCUT2D eigenvalue weighted by Gasteiger charge is -2.13. The van der Waals surface area contributed by atoms with Gasteiger partial charge < -0.3 is 14.9 Å². The number of rotatable bonds is 4. The monoisotopic (exact) mass is 288 g/mol. The number of benzene rings is 1. The van der Waals surface area contributed by atoms with Crippen molar-refractivity contribution in [3.05, 3.63) is 21.7 Å². The maximum absolute atomic E-state index is 10.7. The second kappa shape index (κ2) is 5.21. The highest BCUT2D eigenvalue weighted by Gasteiger charge is 2.17. The molecule has 4 nitrogen and oxygen atoms in total. The number of methoxy groups -OCH3 is 1. The van der Waals surface area contributed by atoms with E-state index in [9.17, 15) is 9.90 Å². The molecule has 88 valence electrons. The molecule has 0 radical (unpaired) electrons. The van der Waals surface area contributed by atoms with E-state index in [0.717, 1.165) is 12.0 Å². The third kappa shape index (κ3) is 2.47. The van der Waals surface area contributed by atoms with E-state index in [4.69, 9.17) is 9.84 Å². The lowest BCUT2D eigenvalue weighted by molar-refractivity contribution is -0.136. The number of halogens is 1. The lowest BCUT2D eigenvalue weighted by atomic mass is 10.0. The van der Waals surface area contributed by atoms with Gasteiger partial charge in [0.25, 0.3) is 0 Å². The van der Waals surface area contributed by atoms with Gasteiger partial charge in [0.1, 0.15) is 0 Å². The molecule has 1 aromatic rings. The van der Waals surface area contributed by atoms with E-state index in [1.165, 1.54) is 7.11 Å². The number of carboxylic acids is 1. The molecule has 0 aliphatic heterocycles. The summed E-state index contributed by atoms with van der Waals surface area (Å²) in [5.41, 5.74) is 1.26. The molecule has 0 atom stereocenters. The molecule has 0 spiro atoms. The average molecular weight is 289 g/mol. The molecule has 0 aliphatic rings. The Hall–Kier alpha value is -1.23. The minimum absolute atomic E-state index is 0.117. The molecule has 0 aromatic heterocycles. The highest BCUT2D eigenvalue weighted by molar-refractivity contribution is 9.10. The van der Waals surface area contributed by atoms with Crippen LogP contribution in [0.1, 0.15) is 18.1 Å². The Bertz CT molecular complexity index is 387. The number of hydrogen-bond acceptors (Lipinski definition) is 3. The Morgan fingerprint density at radius 1 is 1.56 bits per heavy atom. The Morgan fingerprint density at radius 2 is 2.19 bits per heavy atom. The van der Waals surface area contributed by atoms with E-state index >= 15 is 0 Å². The molecule has 0 fully saturated rings. The zero-order valence-corrected chi connectivity index (χ0v) is 10.7. The first-order valence-corrected chi connectivity index (χ1v) is 5.59. The number of carbonyl (C=O) groups is 1. The van der Waals surface area contributed by atoms with Crippen LogP contribution in [-0.4, -0.2) is 23.3 Å². The second-order valence-electron chi connectivity index (χ2n) is 3.30. The molecule has 1 rings (SSSR count). The number of aryl methyl sites for hydroxylation is 1. The molecular weight excluding hydrogens is 276 g/mol. The van der Waals surface area contributed by atoms with Crippen molar-refractivity contribution in [2.24, 2.45) is 0 Å². The van der Waals surface area contributed by atoms with Gasteiger partial charge in [0.15, 0.2) is 11.5 Å². The van der Waals surface area contributed by atoms with Crippen LogP contribution >= 0.6 is 15.9 Å². The first kappa shape index (κ1) is 12.8. The number of phenols is 1. The molecule has 1 aromatic carbocycles. The molecule has 0 saturated heterocycles. The predicted octanol–water partition coefficient (Wildman–Crippen LogP) is 2.35. The first-order valence-electron chi connectivity index (χ1n) is 4.80. The van der Waals surface area contributed by atoms with E-state index in [1.54, 1.807) is 6.07 Å². The molecule has 0 amide bonds. The third-order valence-electron chi connectivity index (χ3n) is 2.30. The number of aromatic hydroxyl groups is 1. The summed E-state index contributed by atoms with van der Waals surface area (Å²) in [5.74, 6) is -0.809. The van der Waals surface area contributed by atoms with Gasteiger partial charge in [0.2, 0.25) is 0 Å². The molecule has 5 heteroatoms. The van der Waals surface area contributed by atoms with E-state index in [-0.39, 0.29) is 12.2 Å². The fraction of sp³-hybridized carbons (Fsp3) is 0.364. The fourth-order valence-electron chi connectivity index (χ4n) is 1.46. The summed E-state index contributed by atoms with van der Waals surface area (Å²) in [7, 11) is 1.44. The highest BCUT2D eigenvalue weighted by Crippen LogP contribution is 2.38. The van der Waals surface area contributed by atoms with Gasteiger partial charge >= 0.3 is 5.97 Å². The van der Waals surface area contributed by atoms with Crippen LogP contribution in [0.2, 0.25) is 0 Å². The van der Waals surface area contributed by atoms with E-state index in [1.807, 2.05) is 6.92 Å². The van der Waals surface area contributed by atoms with Gasteiger partial charge in [0, 0.05) is 10.0 Å². The van der Waals surface area contributed by atoms with Crippen LogP contribution in [0.4, 0.5) is 0 Å². The van der Waals surface area contributed by atoms with Gasteiger partial charge in [-0.3, -0.25) is 4.79 Å². The summed E-state index contributed by atoms with van der Waals surface area (Å²) in [5, 5.41) is 18.6. The van der Waals surface area contributed by atoms with Gasteiger partial charge in [-0.1, -0.05) is 22.9 Å². The van der Waals surface area contributed by atoms with Crippen LogP contribution in [0.15, 0.2) is 10.5 Å². The minimum atomic E-state index is -0.994. The van der Waals surface area contributed by atoms with E-state index in [2.05, 4.69) is 15.9 Å². The quantitative estimate of drug-likeness (QED) is 0.893. The van der Waals surface area contributed by atoms with Gasteiger partial charge in [-0.15, -0.1) is 0 Å². The highest BCUT2D eigenvalue weighted by atomic mass is 79.9. The molecule has 16 heavy (non-hydrogen) atoms. The Morgan fingerprint density at radius 3 is 2.62 bits per heavy atom. The predicted molar refractivity (Wildman–Crippen MR) is 63.1 cm³/mol. The summed E-state index contributed by atoms with van der Waals surface area (Å²) in [6.45, 7) is 1.95. The van der Waals surface area contributed by atoms with Crippen molar-refractivity contribution in [3.8, 4) is 11.5 Å². The number of hydrogen-bond donors (Lipinski definition) is 2. The number of aliphatic carboxylic acids is 1. The molecule has 0 saturated carbocycles. The largest absolute Gasteiger partial charge is 0.504 e. The van der Waals surface area contributed by atoms with Crippen LogP contribution in [0.25, 0.3) is 0 Å². The zero-order valence-electron chi connectivity index (χ0n) is 9.08. The number of carboxylic acid groups (broad SMARTS) is 1. The average Bonchev–Trinajstić information content (AvgIpc) is 2.24. The molecule has 2 N–H and O–H groups in total. The lowest BCUT2D eigenvalue weighted by Crippen LogP contribution is -2.04. The Labute approximate surface area is 102 Å². The molecule has 0 aliphatic carbocycles. The topological polar surface area (TPSA) is 66.8 Å². The second-order valence-corrected chi connectivity index (χ2v) is 4.10. The number of phenolic OH excluding ortho intramolecular Hbond substituents is 1. The Balaban J connectivity index is 3.36. The van der Waals surface area contributed by atoms with Crippen LogP contribution in [0, 0.1) is 0 Å². The van der Waals surface area contributed by atoms with Crippen molar-refractivity contribution in [3.63, 3.8) is 0 Å². The van der Waals surface area contributed by atoms with Gasteiger partial charge in [0.05, 0.1) is 13.5 Å². The normalized spacial score (nSPS) is 10.2. The maximum atomic E-state index is 10.7. The standard InChI is InChI=1S/C11H13BrO4/c1-3-6-4-8(16-2)11(15)7(10(6)12)5-9(13)14/h4,15H,3,5H2,1-2H3,(H,13,14). The first-order chi connectivity index (χ1) is 7.51. The van der Waals surface area contributed by atoms with Crippen LogP contribution in [0.5, 0.6) is 11.5 Å². The van der Waals surface area contributed by atoms with Crippen molar-refractivity contribution < 1.29 is 19.7 Å². The molecule has 0 heterocycles. The molecule has 0 unspecified atom stereocenters. The van der Waals surface area contributed by atoms with Crippen LogP contribution < -0.4 is 4.74 Å². The van der Waals surface area contributed by atoms with Crippen molar-refractivity contribution in [2.45, 2.75) is 19.8 Å². The van der Waals surface area contributed by atoms with Gasteiger partial charge in [-0.25, -0.2) is 0 Å². The minimum Gasteiger partial charge on any atom is -0.504 e. The van der Waals surface area contributed by atoms with Crippen molar-refractivity contribution in [1.82, 2.24) is 0 Å². The number of ether oxygens (including phenoxy) is 1. The van der Waals surface area contributed by atoms with Gasteiger partial charge in [-0.05, 0) is 18.1 Å². The van der Waals surface area contributed by atoms with Crippen molar-refractivity contribution in [2.75, 3.05) is 7.11 Å². The summed E-state index contributed by atoms with van der Waals surface area (Å²) >= 11 is 3.31. The van der Waals surface area contributed by atoms with Crippen molar-refractivity contribution in [1.29, 1.82) is 0 Å². The van der Waals surface area contributed by atoms with Crippen molar-refractivity contribution >= 4 is 21.9 Å². The zero-order chi connectivity index (χ0) is 12.3. The maximum Gasteiger partial charge on any atom is 0.308 e. The molecular formula is C11H13BrO4. The molecule has 0 bridgehead atoms. The van der Waals surface area contributed by atoms with E-state index in [0.29, 0.717) is 15.8 Å². The smallest absolute Gasteiger partial charge is 0.308 e. The summed E-state index contributed by atoms with van der Waals surface area (Å²) in [6, 6.07) is 1.70. The third-order valence-corrected chi connectivity index (χ3v) is 3.29. The summed E-state index contributed by atoms with van der Waals surface area (Å²) in [6.07, 6.45) is 0.487. The van der Waals surface area contributed by atoms with Gasteiger partial charge in [-0.2, -0.15) is 0 Å². The van der Waals surface area contributed by atoms with E-state index < -0.39 is 5.97 Å². The summed E-state index contributed by atoms with van der Waals surface area (Å²) < 4.78 is 5.64. The Kier molecular flexibility index (Phi) is 4.18.